The van der Waals surface area contributed by atoms with Crippen LogP contribution >= 0.6 is 22.9 Å². The molecule has 0 spiro atoms. The van der Waals surface area contributed by atoms with Crippen LogP contribution in [0.5, 0.6) is 5.06 Å². The Labute approximate surface area is 63.2 Å². The quantitative estimate of drug-likeness (QED) is 0.617. The fourth-order valence-corrected chi connectivity index (χ4v) is 1.72. The molecule has 3 heteroatoms. The number of rotatable bonds is 1. The Bertz CT molecular complexity index is 207. The van der Waals surface area contributed by atoms with Gasteiger partial charge in [0.1, 0.15) is 0 Å². The average Bonchev–Trinajstić information content (AvgIpc) is 2.10. The Morgan fingerprint density at radius 3 is 2.56 bits per heavy atom. The maximum atomic E-state index is 5.68. The van der Waals surface area contributed by atoms with Crippen LogP contribution < -0.4 is 4.74 Å². The molecule has 0 unspecified atom stereocenters. The van der Waals surface area contributed by atoms with Gasteiger partial charge in [-0.05, 0) is 13.0 Å². The van der Waals surface area contributed by atoms with Crippen LogP contribution in [0.2, 0.25) is 4.34 Å². The average molecular weight is 163 g/mol. The fourth-order valence-electron chi connectivity index (χ4n) is 0.630. The Balaban J connectivity index is 3.01. The molecule has 0 amide bonds. The van der Waals surface area contributed by atoms with Crippen molar-refractivity contribution in [1.29, 1.82) is 0 Å². The van der Waals surface area contributed by atoms with E-state index in [1.54, 1.807) is 7.11 Å². The van der Waals surface area contributed by atoms with Gasteiger partial charge in [-0.25, -0.2) is 0 Å². The van der Waals surface area contributed by atoms with E-state index in [0.29, 0.717) is 0 Å². The van der Waals surface area contributed by atoms with Crippen molar-refractivity contribution < 1.29 is 4.74 Å². The zero-order valence-electron chi connectivity index (χ0n) is 5.27. The predicted octanol–water partition coefficient (Wildman–Crippen LogP) is 2.72. The molecular weight excluding hydrogens is 156 g/mol. The van der Waals surface area contributed by atoms with Crippen LogP contribution in [0.15, 0.2) is 6.07 Å². The zero-order chi connectivity index (χ0) is 6.85. The first-order chi connectivity index (χ1) is 4.24. The highest BCUT2D eigenvalue weighted by Crippen LogP contribution is 2.32. The van der Waals surface area contributed by atoms with Gasteiger partial charge in [-0.1, -0.05) is 22.9 Å². The Hall–Kier alpha value is -0.210. The predicted molar refractivity (Wildman–Crippen MR) is 40.6 cm³/mol. The van der Waals surface area contributed by atoms with E-state index >= 15 is 0 Å². The van der Waals surface area contributed by atoms with Crippen molar-refractivity contribution in [3.05, 3.63) is 16.0 Å². The molecule has 1 heterocycles. The normalized spacial score (nSPS) is 9.67. The molecular formula is C6H7ClOS. The third kappa shape index (κ3) is 1.37. The summed E-state index contributed by atoms with van der Waals surface area (Å²) in [6.45, 7) is 1.97. The molecule has 0 saturated heterocycles. The molecule has 0 aliphatic carbocycles. The molecule has 0 aliphatic heterocycles. The second-order valence-corrected chi connectivity index (χ2v) is 3.37. The molecule has 9 heavy (non-hydrogen) atoms. The number of thiophene rings is 1. The summed E-state index contributed by atoms with van der Waals surface area (Å²) in [7, 11) is 1.65. The number of aryl methyl sites for hydroxylation is 1. The van der Waals surface area contributed by atoms with Crippen molar-refractivity contribution in [1.82, 2.24) is 0 Å². The zero-order valence-corrected chi connectivity index (χ0v) is 6.84. The van der Waals surface area contributed by atoms with Crippen LogP contribution in [0.4, 0.5) is 0 Å². The molecule has 1 aromatic heterocycles. The number of halogens is 1. The number of ether oxygens (including phenoxy) is 1. The summed E-state index contributed by atoms with van der Waals surface area (Å²) in [6.07, 6.45) is 0. The second kappa shape index (κ2) is 2.58. The van der Waals surface area contributed by atoms with Gasteiger partial charge in [0.2, 0.25) is 0 Å². The lowest BCUT2D eigenvalue weighted by molar-refractivity contribution is 0.424. The van der Waals surface area contributed by atoms with Gasteiger partial charge in [-0.15, -0.1) is 0 Å². The van der Waals surface area contributed by atoms with Crippen LogP contribution in [0, 0.1) is 6.92 Å². The molecule has 0 saturated carbocycles. The fraction of sp³-hybridized carbons (Fsp3) is 0.333. The number of hydrogen-bond donors (Lipinski definition) is 0. The lowest BCUT2D eigenvalue weighted by Crippen LogP contribution is -1.77. The first-order valence-corrected chi connectivity index (χ1v) is 3.73. The summed E-state index contributed by atoms with van der Waals surface area (Å²) in [4.78, 5) is 0. The van der Waals surface area contributed by atoms with Crippen LogP contribution in [-0.2, 0) is 0 Å². The van der Waals surface area contributed by atoms with Crippen molar-refractivity contribution in [2.75, 3.05) is 7.11 Å². The van der Waals surface area contributed by atoms with Gasteiger partial charge in [0.25, 0.3) is 0 Å². The SMILES string of the molecule is COc1sc(Cl)cc1C. The molecule has 1 nitrogen and oxygen atoms in total. The van der Waals surface area contributed by atoms with E-state index < -0.39 is 0 Å². The maximum Gasteiger partial charge on any atom is 0.177 e. The summed E-state index contributed by atoms with van der Waals surface area (Å²) in [6, 6.07) is 1.89. The highest BCUT2D eigenvalue weighted by Gasteiger charge is 2.01. The highest BCUT2D eigenvalue weighted by atomic mass is 35.5. The Morgan fingerprint density at radius 2 is 2.33 bits per heavy atom. The van der Waals surface area contributed by atoms with E-state index in [-0.39, 0.29) is 0 Å². The third-order valence-electron chi connectivity index (χ3n) is 1.03. The monoisotopic (exact) mass is 162 g/mol. The summed E-state index contributed by atoms with van der Waals surface area (Å²) < 4.78 is 5.78. The highest BCUT2D eigenvalue weighted by molar-refractivity contribution is 7.18. The van der Waals surface area contributed by atoms with Gasteiger partial charge in [0, 0.05) is 5.56 Å². The molecule has 0 bridgehead atoms. The van der Waals surface area contributed by atoms with Crippen molar-refractivity contribution in [3.63, 3.8) is 0 Å². The summed E-state index contributed by atoms with van der Waals surface area (Å²) in [5, 5.41) is 0.903. The van der Waals surface area contributed by atoms with E-state index in [1.807, 2.05) is 13.0 Å². The summed E-state index contributed by atoms with van der Waals surface area (Å²) in [5.41, 5.74) is 1.10. The van der Waals surface area contributed by atoms with Gasteiger partial charge in [0.05, 0.1) is 11.4 Å². The third-order valence-corrected chi connectivity index (χ3v) is 2.36. The van der Waals surface area contributed by atoms with Crippen molar-refractivity contribution in [2.45, 2.75) is 6.92 Å². The minimum Gasteiger partial charge on any atom is -0.487 e. The Morgan fingerprint density at radius 1 is 1.67 bits per heavy atom. The first-order valence-electron chi connectivity index (χ1n) is 2.54. The van der Waals surface area contributed by atoms with Crippen LogP contribution in [0.1, 0.15) is 5.56 Å². The summed E-state index contributed by atoms with van der Waals surface area (Å²) >= 11 is 7.14. The lowest BCUT2D eigenvalue weighted by Gasteiger charge is -1.92. The van der Waals surface area contributed by atoms with Crippen molar-refractivity contribution in [3.8, 4) is 5.06 Å². The molecule has 50 valence electrons. The summed E-state index contributed by atoms with van der Waals surface area (Å²) in [5.74, 6) is 0. The van der Waals surface area contributed by atoms with Gasteiger partial charge >= 0.3 is 0 Å². The van der Waals surface area contributed by atoms with Gasteiger partial charge < -0.3 is 4.74 Å². The van der Waals surface area contributed by atoms with Crippen LogP contribution in [0.3, 0.4) is 0 Å². The smallest absolute Gasteiger partial charge is 0.177 e. The first kappa shape index (κ1) is 6.90. The molecule has 0 radical (unpaired) electrons. The molecule has 1 aromatic rings. The van der Waals surface area contributed by atoms with E-state index in [2.05, 4.69) is 0 Å². The number of hydrogen-bond acceptors (Lipinski definition) is 2. The van der Waals surface area contributed by atoms with Crippen LogP contribution in [0.25, 0.3) is 0 Å². The largest absolute Gasteiger partial charge is 0.487 e. The molecule has 0 aliphatic rings. The topological polar surface area (TPSA) is 9.23 Å². The molecule has 0 N–H and O–H groups in total. The molecule has 0 aromatic carbocycles. The van der Waals surface area contributed by atoms with E-state index in [1.165, 1.54) is 11.3 Å². The molecule has 0 fully saturated rings. The molecule has 1 rings (SSSR count). The van der Waals surface area contributed by atoms with Gasteiger partial charge in [-0.3, -0.25) is 0 Å². The minimum atomic E-state index is 0.782. The second-order valence-electron chi connectivity index (χ2n) is 1.73. The Kier molecular flexibility index (Phi) is 1.98. The maximum absolute atomic E-state index is 5.68. The van der Waals surface area contributed by atoms with E-state index in [4.69, 9.17) is 16.3 Å². The van der Waals surface area contributed by atoms with E-state index in [0.717, 1.165) is 15.0 Å². The van der Waals surface area contributed by atoms with Crippen LogP contribution in [-0.4, -0.2) is 7.11 Å². The van der Waals surface area contributed by atoms with Gasteiger partial charge in [0.15, 0.2) is 5.06 Å². The number of methoxy groups -OCH3 is 1. The molecule has 0 atom stereocenters. The van der Waals surface area contributed by atoms with Gasteiger partial charge in [-0.2, -0.15) is 0 Å². The van der Waals surface area contributed by atoms with Crippen molar-refractivity contribution >= 4 is 22.9 Å². The minimum absolute atomic E-state index is 0.782. The standard InChI is InChI=1S/C6H7ClOS/c1-4-3-5(7)9-6(4)8-2/h3H,1-2H3. The lowest BCUT2D eigenvalue weighted by atomic mass is 10.4. The van der Waals surface area contributed by atoms with E-state index in [9.17, 15) is 0 Å². The van der Waals surface area contributed by atoms with Crippen molar-refractivity contribution in [2.24, 2.45) is 0 Å².